The number of pyridine rings is 2. The van der Waals surface area contributed by atoms with Crippen LogP contribution in [0.5, 0.6) is 0 Å². The van der Waals surface area contributed by atoms with E-state index >= 15 is 0 Å². The first-order chi connectivity index (χ1) is 16.4. The van der Waals surface area contributed by atoms with Crippen LogP contribution in [-0.2, 0) is 28.4 Å². The molecule has 0 N–H and O–H groups in total. The summed E-state index contributed by atoms with van der Waals surface area (Å²) in [5, 5.41) is 0. The molecule has 0 saturated carbocycles. The van der Waals surface area contributed by atoms with E-state index in [0.29, 0.717) is 17.7 Å². The van der Waals surface area contributed by atoms with Crippen molar-refractivity contribution in [2.75, 3.05) is 13.2 Å². The molecule has 0 bridgehead atoms. The maximum atomic E-state index is 12.8. The molecule has 10 nitrogen and oxygen atoms in total. The third-order valence-electron chi connectivity index (χ3n) is 5.38. The number of nitrogens with zero attached hydrogens (tertiary/aromatic N) is 2. The number of hydrogen-bond acceptors (Lipinski definition) is 10. The molecule has 4 heterocycles. The first-order valence-electron chi connectivity index (χ1n) is 11.2. The maximum absolute atomic E-state index is 12.8. The van der Waals surface area contributed by atoms with E-state index < -0.39 is 48.4 Å². The third kappa shape index (κ3) is 5.58. The maximum Gasteiger partial charge on any atom is 0.338 e. The molecule has 2 aliphatic heterocycles. The van der Waals surface area contributed by atoms with Gasteiger partial charge in [-0.3, -0.25) is 9.97 Å². The second kappa shape index (κ2) is 10.6. The highest BCUT2D eigenvalue weighted by atomic mass is 16.8. The fourth-order valence-electron chi connectivity index (χ4n) is 3.87. The number of ether oxygens (including phenoxy) is 6. The van der Waals surface area contributed by atoms with Gasteiger partial charge in [-0.1, -0.05) is 6.92 Å². The Hall–Kier alpha value is -2.92. The van der Waals surface area contributed by atoms with Crippen LogP contribution in [0.3, 0.4) is 0 Å². The molecular weight excluding hydrogens is 444 g/mol. The Morgan fingerprint density at radius 1 is 1.00 bits per heavy atom. The van der Waals surface area contributed by atoms with Crippen LogP contribution < -0.4 is 0 Å². The van der Waals surface area contributed by atoms with Crippen LogP contribution >= 0.6 is 0 Å². The third-order valence-corrected chi connectivity index (χ3v) is 5.38. The molecule has 2 saturated heterocycles. The minimum Gasteiger partial charge on any atom is -0.458 e. The summed E-state index contributed by atoms with van der Waals surface area (Å²) in [5.74, 6) is -2.03. The number of rotatable bonds is 9. The predicted molar refractivity (Wildman–Crippen MR) is 117 cm³/mol. The molecule has 2 aromatic rings. The second-order valence-electron chi connectivity index (χ2n) is 8.42. The Kier molecular flexibility index (Phi) is 7.52. The van der Waals surface area contributed by atoms with Crippen molar-refractivity contribution in [3.8, 4) is 0 Å². The molecule has 2 aliphatic rings. The first-order valence-corrected chi connectivity index (χ1v) is 11.2. The predicted octanol–water partition coefficient (Wildman–Crippen LogP) is 2.53. The second-order valence-corrected chi connectivity index (χ2v) is 8.42. The van der Waals surface area contributed by atoms with E-state index in [4.69, 9.17) is 28.4 Å². The molecule has 0 aliphatic carbocycles. The highest BCUT2D eigenvalue weighted by molar-refractivity contribution is 5.90. The average Bonchev–Trinajstić information content (AvgIpc) is 3.32. The molecule has 0 spiro atoms. The molecule has 2 aromatic heterocycles. The average molecular weight is 472 g/mol. The quantitative estimate of drug-likeness (QED) is 0.504. The van der Waals surface area contributed by atoms with Gasteiger partial charge in [-0.15, -0.1) is 0 Å². The Morgan fingerprint density at radius 2 is 1.62 bits per heavy atom. The lowest BCUT2D eigenvalue weighted by atomic mass is 10.1. The van der Waals surface area contributed by atoms with Gasteiger partial charge in [0.15, 0.2) is 18.2 Å². The summed E-state index contributed by atoms with van der Waals surface area (Å²) in [4.78, 5) is 33.2. The van der Waals surface area contributed by atoms with Crippen molar-refractivity contribution in [3.63, 3.8) is 0 Å². The smallest absolute Gasteiger partial charge is 0.338 e. The molecule has 5 atom stereocenters. The van der Waals surface area contributed by atoms with E-state index in [1.54, 1.807) is 13.8 Å². The van der Waals surface area contributed by atoms with E-state index in [2.05, 4.69) is 9.97 Å². The van der Waals surface area contributed by atoms with Gasteiger partial charge in [-0.05, 0) is 44.5 Å². The van der Waals surface area contributed by atoms with Crippen LogP contribution in [0, 0.1) is 0 Å². The van der Waals surface area contributed by atoms with E-state index in [-0.39, 0.29) is 6.61 Å². The fourth-order valence-corrected chi connectivity index (χ4v) is 3.87. The summed E-state index contributed by atoms with van der Waals surface area (Å²) in [7, 11) is 0. The standard InChI is InChI=1S/C24H28N2O8/c1-4-13-29-19-18(32-23-20(19)33-24(2,3)34-23)17(31-22(28)16-7-11-26-12-8-16)14-30-21(27)15-5-9-25-10-6-15/h5-12,17-20,23H,4,13-14H2,1-3H3/t17-,18-,19+,20-,23-/m1/s1. The molecule has 182 valence electrons. The number of fused-ring (bicyclic) bond motifs is 1. The Balaban J connectivity index is 1.54. The Bertz CT molecular complexity index is 971. The van der Waals surface area contributed by atoms with Gasteiger partial charge in [0.1, 0.15) is 24.9 Å². The number of aromatic nitrogens is 2. The summed E-state index contributed by atoms with van der Waals surface area (Å²) >= 11 is 0. The van der Waals surface area contributed by atoms with Gasteiger partial charge >= 0.3 is 11.9 Å². The van der Waals surface area contributed by atoms with Crippen LogP contribution in [-0.4, -0.2) is 71.6 Å². The van der Waals surface area contributed by atoms with Gasteiger partial charge < -0.3 is 28.4 Å². The number of hydrogen-bond donors (Lipinski definition) is 0. The van der Waals surface area contributed by atoms with Crippen molar-refractivity contribution in [1.29, 1.82) is 0 Å². The highest BCUT2D eigenvalue weighted by Crippen LogP contribution is 2.40. The minimum atomic E-state index is -0.978. The van der Waals surface area contributed by atoms with E-state index in [1.807, 2.05) is 6.92 Å². The molecule has 0 radical (unpaired) electrons. The zero-order valence-electron chi connectivity index (χ0n) is 19.3. The minimum absolute atomic E-state index is 0.253. The van der Waals surface area contributed by atoms with E-state index in [0.717, 1.165) is 6.42 Å². The van der Waals surface area contributed by atoms with Gasteiger partial charge in [-0.2, -0.15) is 0 Å². The van der Waals surface area contributed by atoms with Gasteiger partial charge in [0, 0.05) is 31.4 Å². The van der Waals surface area contributed by atoms with Gasteiger partial charge in [0.05, 0.1) is 11.1 Å². The van der Waals surface area contributed by atoms with Crippen LogP contribution in [0.25, 0.3) is 0 Å². The summed E-state index contributed by atoms with van der Waals surface area (Å²) in [6.45, 7) is 5.75. The normalized spacial score (nSPS) is 26.0. The largest absolute Gasteiger partial charge is 0.458 e. The van der Waals surface area contributed by atoms with Crippen LogP contribution in [0.4, 0.5) is 0 Å². The zero-order chi connectivity index (χ0) is 24.1. The monoisotopic (exact) mass is 472 g/mol. The lowest BCUT2D eigenvalue weighted by Gasteiger charge is -2.30. The summed E-state index contributed by atoms with van der Waals surface area (Å²) < 4.78 is 35.3. The van der Waals surface area contributed by atoms with Gasteiger partial charge in [0.2, 0.25) is 0 Å². The molecule has 0 unspecified atom stereocenters. The van der Waals surface area contributed by atoms with Crippen molar-refractivity contribution in [3.05, 3.63) is 60.2 Å². The number of carbonyl (C=O) groups excluding carboxylic acids is 2. The highest BCUT2D eigenvalue weighted by Gasteiger charge is 2.58. The summed E-state index contributed by atoms with van der Waals surface area (Å²) in [6, 6.07) is 6.14. The van der Waals surface area contributed by atoms with E-state index in [1.165, 1.54) is 49.1 Å². The van der Waals surface area contributed by atoms with Crippen molar-refractivity contribution in [2.24, 2.45) is 0 Å². The SMILES string of the molecule is CCCO[C@@H]1[C@H]2OC(C)(C)O[C@H]2O[C@@H]1[C@@H](COC(=O)c1ccncc1)OC(=O)c1ccncc1. The summed E-state index contributed by atoms with van der Waals surface area (Å²) in [6.07, 6.45) is 3.14. The Morgan fingerprint density at radius 3 is 2.24 bits per heavy atom. The first kappa shape index (κ1) is 24.2. The fraction of sp³-hybridized carbons (Fsp3) is 0.500. The van der Waals surface area contributed by atoms with Crippen LogP contribution in [0.2, 0.25) is 0 Å². The van der Waals surface area contributed by atoms with E-state index in [9.17, 15) is 9.59 Å². The number of carbonyl (C=O) groups is 2. The molecule has 10 heteroatoms. The van der Waals surface area contributed by atoms with Crippen molar-refractivity contribution < 1.29 is 38.0 Å². The van der Waals surface area contributed by atoms with Crippen LogP contribution in [0.1, 0.15) is 47.9 Å². The lowest BCUT2D eigenvalue weighted by Crippen LogP contribution is -2.46. The van der Waals surface area contributed by atoms with Crippen molar-refractivity contribution >= 4 is 11.9 Å². The molecule has 2 fully saturated rings. The molecule has 0 aromatic carbocycles. The summed E-state index contributed by atoms with van der Waals surface area (Å²) in [5.41, 5.74) is 0.629. The topological polar surface area (TPSA) is 115 Å². The molecular formula is C24H28N2O8. The lowest BCUT2D eigenvalue weighted by molar-refractivity contribution is -0.231. The van der Waals surface area contributed by atoms with Crippen molar-refractivity contribution in [2.45, 2.75) is 63.7 Å². The Labute approximate surface area is 197 Å². The molecule has 4 rings (SSSR count). The molecule has 34 heavy (non-hydrogen) atoms. The molecule has 0 amide bonds. The zero-order valence-corrected chi connectivity index (χ0v) is 19.3. The van der Waals surface area contributed by atoms with Crippen molar-refractivity contribution in [1.82, 2.24) is 9.97 Å². The van der Waals surface area contributed by atoms with Gasteiger partial charge in [0.25, 0.3) is 0 Å². The van der Waals surface area contributed by atoms with Crippen LogP contribution in [0.15, 0.2) is 49.1 Å². The number of esters is 2. The van der Waals surface area contributed by atoms with Gasteiger partial charge in [-0.25, -0.2) is 9.59 Å².